The Morgan fingerprint density at radius 2 is 0.833 bits per heavy atom. The summed E-state index contributed by atoms with van der Waals surface area (Å²) in [5.74, 6) is 0. The smallest absolute Gasteiger partial charge is 1.00 e. The van der Waals surface area contributed by atoms with E-state index in [-0.39, 0.29) is 129 Å². The molecule has 28 valence electrons. The average molecular weight is 162 g/mol. The number of hydrogen-bond acceptors (Lipinski definition) is 0. The molecule has 0 aromatic rings. The third kappa shape index (κ3) is 26.0. The van der Waals surface area contributed by atoms with Gasteiger partial charge in [0.25, 0.3) is 0 Å². The van der Waals surface area contributed by atoms with E-state index in [1.54, 1.807) is 0 Å². The monoisotopic (exact) mass is 162 g/mol. The number of rotatable bonds is 0. The van der Waals surface area contributed by atoms with Gasteiger partial charge in [0, 0.05) is 0 Å². The number of halogens is 3. The van der Waals surface area contributed by atoms with E-state index in [2.05, 4.69) is 0 Å². The molecule has 0 rings (SSSR count). The summed E-state index contributed by atoms with van der Waals surface area (Å²) in [5, 5.41) is 0. The zero-order valence-electron chi connectivity index (χ0n) is 5.55. The van der Waals surface area contributed by atoms with E-state index >= 15 is 0 Å². The molecule has 0 saturated heterocycles. The van der Waals surface area contributed by atoms with Crippen molar-refractivity contribution < 1.29 is 68.4 Å². The summed E-state index contributed by atoms with van der Waals surface area (Å²) in [6.07, 6.45) is 0. The summed E-state index contributed by atoms with van der Waals surface area (Å²) < 4.78 is 0. The van der Waals surface area contributed by atoms with Gasteiger partial charge in [0.1, 0.15) is 0 Å². The minimum Gasteiger partial charge on any atom is -1.00 e. The molecule has 0 atom stereocenters. The molecule has 0 unspecified atom stereocenters. The zero-order valence-corrected chi connectivity index (χ0v) is 10.3. The van der Waals surface area contributed by atoms with Gasteiger partial charge in [-0.1, -0.05) is 0 Å². The first kappa shape index (κ1) is 56.7. The first-order chi connectivity index (χ1) is 0. The van der Waals surface area contributed by atoms with Crippen LogP contribution in [0.15, 0.2) is 0 Å². The second kappa shape index (κ2) is 39.4. The molecule has 0 fully saturated rings. The molecule has 0 aliphatic carbocycles. The first-order valence-electron chi connectivity index (χ1n) is 0. The van der Waals surface area contributed by atoms with Crippen LogP contribution in [0.2, 0.25) is 0 Å². The fraction of sp³-hybridized carbons (Fsp3) is 0. The molecular weight excluding hydrogens is 160 g/mol. The van der Waals surface area contributed by atoms with Crippen molar-refractivity contribution in [2.75, 3.05) is 0 Å². The Bertz CT molecular complexity index is 17.2. The Labute approximate surface area is 126 Å². The van der Waals surface area contributed by atoms with Gasteiger partial charge in [-0.2, -0.15) is 0 Å². The van der Waals surface area contributed by atoms with Crippen molar-refractivity contribution >= 4 is 60.8 Å². The van der Waals surface area contributed by atoms with Crippen LogP contribution in [0.3, 0.4) is 0 Å². The summed E-state index contributed by atoms with van der Waals surface area (Å²) in [7, 11) is 0. The molecule has 0 radical (unpaired) electrons. The number of hydrogen-bond donors (Lipinski definition) is 0. The van der Waals surface area contributed by atoms with Crippen molar-refractivity contribution in [2.45, 2.75) is 0 Å². The van der Waals surface area contributed by atoms with E-state index in [1.165, 1.54) is 0 Å². The van der Waals surface area contributed by atoms with Crippen LogP contribution < -0.4 is 65.5 Å². The van der Waals surface area contributed by atoms with Gasteiger partial charge in [-0.15, -0.1) is 0 Å². The van der Waals surface area contributed by atoms with E-state index in [1.807, 2.05) is 0 Å². The molecule has 6 heavy (non-hydrogen) atoms. The van der Waals surface area contributed by atoms with Gasteiger partial charge in [0.15, 0.2) is 0 Å². The van der Waals surface area contributed by atoms with Gasteiger partial charge in [-0.25, -0.2) is 0 Å². The quantitative estimate of drug-likeness (QED) is 0.311. The van der Waals surface area contributed by atoms with Crippen LogP contribution in [0, 0.1) is 0 Å². The minimum absolute atomic E-state index is 0. The van der Waals surface area contributed by atoms with Gasteiger partial charge in [0.05, 0.1) is 0 Å². The van der Waals surface area contributed by atoms with Crippen molar-refractivity contribution in [2.24, 2.45) is 0 Å². The van der Waals surface area contributed by atoms with Gasteiger partial charge >= 0.3 is 112 Å². The van der Waals surface area contributed by atoms with Crippen LogP contribution in [0.5, 0.6) is 0 Å². The molecule has 0 aromatic heterocycles. The first-order valence-corrected chi connectivity index (χ1v) is 0. The standard InChI is InChI=1S/Ca.3FH.K.Mg.2H/h;3*1H;;;;/q+2;;;;+1;+2;2*-1/p-3. The van der Waals surface area contributed by atoms with E-state index in [4.69, 9.17) is 0 Å². The third-order valence-electron chi connectivity index (χ3n) is 0. The van der Waals surface area contributed by atoms with E-state index in [0.717, 1.165) is 0 Å². The van der Waals surface area contributed by atoms with E-state index in [9.17, 15) is 0 Å². The third-order valence-corrected chi connectivity index (χ3v) is 0. The fourth-order valence-electron chi connectivity index (χ4n) is 0. The molecular formula is H2CaF3KMg. The average Bonchev–Trinajstić information content (AvgIpc) is 0. The SMILES string of the molecule is [Ca+2].[F-].[F-].[F-].[H-].[H-].[K+].[Mg+2]. The van der Waals surface area contributed by atoms with Gasteiger partial charge in [0.2, 0.25) is 0 Å². The Hall–Kier alpha value is 3.45. The maximum absolute atomic E-state index is 0. The fourth-order valence-corrected chi connectivity index (χ4v) is 0. The Kier molecular flexibility index (Phi) is 372. The van der Waals surface area contributed by atoms with Crippen LogP contribution in [0.25, 0.3) is 0 Å². The summed E-state index contributed by atoms with van der Waals surface area (Å²) in [4.78, 5) is 0. The van der Waals surface area contributed by atoms with Crippen molar-refractivity contribution in [3.05, 3.63) is 0 Å². The zero-order chi connectivity index (χ0) is 0. The second-order valence-corrected chi connectivity index (χ2v) is 0. The maximum Gasteiger partial charge on any atom is 2.00 e. The molecule has 0 aliphatic rings. The molecule has 0 heterocycles. The van der Waals surface area contributed by atoms with Crippen molar-refractivity contribution in [1.82, 2.24) is 0 Å². The molecule has 0 aromatic carbocycles. The van der Waals surface area contributed by atoms with Gasteiger partial charge < -0.3 is 17.0 Å². The Morgan fingerprint density at radius 1 is 0.833 bits per heavy atom. The Morgan fingerprint density at radius 3 is 0.833 bits per heavy atom. The normalized spacial score (nSPS) is 0. The molecule has 0 aliphatic heterocycles. The van der Waals surface area contributed by atoms with Crippen molar-refractivity contribution in [3.8, 4) is 0 Å². The van der Waals surface area contributed by atoms with E-state index in [0.29, 0.717) is 0 Å². The van der Waals surface area contributed by atoms with Crippen LogP contribution >= 0.6 is 0 Å². The summed E-state index contributed by atoms with van der Waals surface area (Å²) in [6, 6.07) is 0. The van der Waals surface area contributed by atoms with E-state index < -0.39 is 0 Å². The van der Waals surface area contributed by atoms with Crippen LogP contribution in [-0.4, -0.2) is 60.8 Å². The Balaban J connectivity index is 0. The molecule has 0 spiro atoms. The topological polar surface area (TPSA) is 0 Å². The minimum atomic E-state index is 0. The van der Waals surface area contributed by atoms with Crippen LogP contribution in [-0.2, 0) is 0 Å². The molecule has 0 amide bonds. The molecule has 0 nitrogen and oxygen atoms in total. The van der Waals surface area contributed by atoms with Crippen molar-refractivity contribution in [1.29, 1.82) is 0 Å². The van der Waals surface area contributed by atoms with Crippen LogP contribution in [0.1, 0.15) is 2.85 Å². The van der Waals surface area contributed by atoms with Crippen LogP contribution in [0.4, 0.5) is 0 Å². The molecule has 0 N–H and O–H groups in total. The van der Waals surface area contributed by atoms with Gasteiger partial charge in [-0.05, 0) is 0 Å². The largest absolute Gasteiger partial charge is 2.00 e. The predicted molar refractivity (Wildman–Crippen MR) is 13.7 cm³/mol. The molecule has 6 heteroatoms. The van der Waals surface area contributed by atoms with Crippen molar-refractivity contribution in [3.63, 3.8) is 0 Å². The summed E-state index contributed by atoms with van der Waals surface area (Å²) >= 11 is 0. The molecule has 0 saturated carbocycles. The predicted octanol–water partition coefficient (Wildman–Crippen LogP) is -12.5. The second-order valence-electron chi connectivity index (χ2n) is 0. The molecule has 0 bridgehead atoms. The summed E-state index contributed by atoms with van der Waals surface area (Å²) in [5.41, 5.74) is 0. The summed E-state index contributed by atoms with van der Waals surface area (Å²) in [6.45, 7) is 0. The van der Waals surface area contributed by atoms with Gasteiger partial charge in [-0.3, -0.25) is 0 Å². The maximum atomic E-state index is 0.